The molecule has 0 atom stereocenters. The number of nitrogens with one attached hydrogen (secondary N) is 1. The largest absolute Gasteiger partial charge is 0.492 e. The summed E-state index contributed by atoms with van der Waals surface area (Å²) in [4.78, 5) is 16.2. The molecule has 0 saturated carbocycles. The van der Waals surface area contributed by atoms with Gasteiger partial charge in [0.2, 0.25) is 5.91 Å². The summed E-state index contributed by atoms with van der Waals surface area (Å²) in [5.74, 6) is 0.227. The van der Waals surface area contributed by atoms with Gasteiger partial charge in [-0.1, -0.05) is 30.4 Å². The normalized spacial score (nSPS) is 10.9. The summed E-state index contributed by atoms with van der Waals surface area (Å²) in [7, 11) is 0. The highest BCUT2D eigenvalue weighted by Crippen LogP contribution is 2.28. The first-order valence-corrected chi connectivity index (χ1v) is 9.94. The second kappa shape index (κ2) is 8.60. The van der Waals surface area contributed by atoms with Crippen molar-refractivity contribution in [2.45, 2.75) is 26.2 Å². The van der Waals surface area contributed by atoms with Gasteiger partial charge in [-0.25, -0.2) is 9.37 Å². The van der Waals surface area contributed by atoms with Crippen molar-refractivity contribution in [1.82, 2.24) is 4.98 Å². The van der Waals surface area contributed by atoms with Crippen molar-refractivity contribution >= 4 is 48.5 Å². The smallest absolute Gasteiger partial charge is 0.226 e. The Hall–Kier alpha value is -1.99. The average Bonchev–Trinajstić information content (AvgIpc) is 3.03. The number of carbonyl (C=O) groups excluding carboxylic acids is 1. The van der Waals surface area contributed by atoms with Crippen LogP contribution in [0.5, 0.6) is 5.75 Å². The van der Waals surface area contributed by atoms with Crippen molar-refractivity contribution in [2.75, 3.05) is 11.9 Å². The quantitative estimate of drug-likeness (QED) is 0.493. The van der Waals surface area contributed by atoms with Gasteiger partial charge in [0.05, 0.1) is 15.8 Å². The standard InChI is InChI=1S/C19H18BrFN2O2S/c1-2-12-8-9-15(13(20)11-12)25-10-4-7-17(24)22-19-23-18-14(21)5-3-6-16(18)26-19/h3,5-6,8-9,11H,2,4,7,10H2,1H3,(H,22,23,24). The third-order valence-corrected chi connectivity index (χ3v) is 5.38. The Bertz CT molecular complexity index is 929. The maximum Gasteiger partial charge on any atom is 0.226 e. The van der Waals surface area contributed by atoms with E-state index in [1.165, 1.54) is 23.0 Å². The average molecular weight is 437 g/mol. The molecule has 1 N–H and O–H groups in total. The Morgan fingerprint density at radius 3 is 2.92 bits per heavy atom. The van der Waals surface area contributed by atoms with Gasteiger partial charge in [-0.2, -0.15) is 0 Å². The second-order valence-corrected chi connectivity index (χ2v) is 7.61. The molecule has 0 aliphatic rings. The first-order chi connectivity index (χ1) is 12.6. The molecule has 1 heterocycles. The predicted molar refractivity (Wildman–Crippen MR) is 106 cm³/mol. The molecule has 3 rings (SSSR count). The number of benzene rings is 2. The number of aromatic nitrogens is 1. The maximum absolute atomic E-state index is 13.6. The number of carbonyl (C=O) groups is 1. The third kappa shape index (κ3) is 4.59. The fourth-order valence-electron chi connectivity index (χ4n) is 2.45. The molecule has 0 aliphatic carbocycles. The molecule has 1 amide bonds. The molecule has 0 saturated heterocycles. The van der Waals surface area contributed by atoms with E-state index in [1.54, 1.807) is 12.1 Å². The summed E-state index contributed by atoms with van der Waals surface area (Å²) in [6, 6.07) is 10.8. The predicted octanol–water partition coefficient (Wildman–Crippen LogP) is 5.56. The minimum atomic E-state index is -0.382. The van der Waals surface area contributed by atoms with E-state index in [-0.39, 0.29) is 17.2 Å². The van der Waals surface area contributed by atoms with Gasteiger partial charge in [0, 0.05) is 6.42 Å². The zero-order chi connectivity index (χ0) is 18.5. The first kappa shape index (κ1) is 18.8. The monoisotopic (exact) mass is 436 g/mol. The minimum Gasteiger partial charge on any atom is -0.492 e. The van der Waals surface area contributed by atoms with Crippen LogP contribution in [0.1, 0.15) is 25.3 Å². The Morgan fingerprint density at radius 1 is 1.35 bits per heavy atom. The van der Waals surface area contributed by atoms with Crippen LogP contribution in [0, 0.1) is 5.82 Å². The molecule has 0 aliphatic heterocycles. The van der Waals surface area contributed by atoms with Crippen LogP contribution in [0.2, 0.25) is 0 Å². The number of para-hydroxylation sites is 1. The highest BCUT2D eigenvalue weighted by molar-refractivity contribution is 9.10. The summed E-state index contributed by atoms with van der Waals surface area (Å²) >= 11 is 4.75. The molecule has 136 valence electrons. The van der Waals surface area contributed by atoms with E-state index in [0.717, 1.165) is 16.6 Å². The number of ether oxygens (including phenoxy) is 1. The Balaban J connectivity index is 1.47. The van der Waals surface area contributed by atoms with E-state index < -0.39 is 0 Å². The van der Waals surface area contributed by atoms with Crippen LogP contribution < -0.4 is 10.1 Å². The molecule has 2 aromatic carbocycles. The molecule has 0 unspecified atom stereocenters. The van der Waals surface area contributed by atoms with Gasteiger partial charge >= 0.3 is 0 Å². The van der Waals surface area contributed by atoms with Crippen LogP contribution in [0.15, 0.2) is 40.9 Å². The van der Waals surface area contributed by atoms with Crippen LogP contribution in [-0.2, 0) is 11.2 Å². The zero-order valence-corrected chi connectivity index (χ0v) is 16.6. The number of anilines is 1. The molecule has 0 bridgehead atoms. The topological polar surface area (TPSA) is 51.2 Å². The highest BCUT2D eigenvalue weighted by atomic mass is 79.9. The van der Waals surface area contributed by atoms with Crippen molar-refractivity contribution < 1.29 is 13.9 Å². The molecule has 26 heavy (non-hydrogen) atoms. The fraction of sp³-hybridized carbons (Fsp3) is 0.263. The summed E-state index contributed by atoms with van der Waals surface area (Å²) in [6.07, 6.45) is 1.85. The van der Waals surface area contributed by atoms with Crippen LogP contribution in [0.3, 0.4) is 0 Å². The van der Waals surface area contributed by atoms with Gasteiger partial charge in [-0.15, -0.1) is 0 Å². The number of amides is 1. The number of nitrogens with zero attached hydrogens (tertiary/aromatic N) is 1. The van der Waals surface area contributed by atoms with E-state index in [1.807, 2.05) is 18.2 Å². The van der Waals surface area contributed by atoms with Crippen molar-refractivity contribution in [3.05, 3.63) is 52.3 Å². The molecule has 7 heteroatoms. The number of rotatable bonds is 7. The molecule has 0 spiro atoms. The van der Waals surface area contributed by atoms with E-state index >= 15 is 0 Å². The van der Waals surface area contributed by atoms with Crippen molar-refractivity contribution in [3.63, 3.8) is 0 Å². The molecule has 4 nitrogen and oxygen atoms in total. The Morgan fingerprint density at radius 2 is 2.19 bits per heavy atom. The Labute approximate surface area is 163 Å². The van der Waals surface area contributed by atoms with E-state index in [9.17, 15) is 9.18 Å². The van der Waals surface area contributed by atoms with Crippen LogP contribution >= 0.6 is 27.3 Å². The minimum absolute atomic E-state index is 0.159. The molecule has 1 aromatic heterocycles. The number of fused-ring (bicyclic) bond motifs is 1. The Kier molecular flexibility index (Phi) is 6.21. The summed E-state index contributed by atoms with van der Waals surface area (Å²) in [5.41, 5.74) is 1.52. The molecular formula is C19H18BrFN2O2S. The summed E-state index contributed by atoms with van der Waals surface area (Å²) < 4.78 is 21.0. The molecular weight excluding hydrogens is 419 g/mol. The lowest BCUT2D eigenvalue weighted by atomic mass is 10.2. The van der Waals surface area contributed by atoms with Gasteiger partial charge in [0.25, 0.3) is 0 Å². The highest BCUT2D eigenvalue weighted by Gasteiger charge is 2.10. The zero-order valence-electron chi connectivity index (χ0n) is 14.2. The fourth-order valence-corrected chi connectivity index (χ4v) is 3.88. The van der Waals surface area contributed by atoms with Crippen molar-refractivity contribution in [1.29, 1.82) is 0 Å². The van der Waals surface area contributed by atoms with Gasteiger partial charge in [-0.3, -0.25) is 4.79 Å². The number of halogens is 2. The van der Waals surface area contributed by atoms with E-state index in [2.05, 4.69) is 33.2 Å². The van der Waals surface area contributed by atoms with Gasteiger partial charge < -0.3 is 10.1 Å². The summed E-state index contributed by atoms with van der Waals surface area (Å²) in [5, 5.41) is 3.13. The van der Waals surface area contributed by atoms with E-state index in [4.69, 9.17) is 4.74 Å². The van der Waals surface area contributed by atoms with Crippen molar-refractivity contribution in [2.24, 2.45) is 0 Å². The maximum atomic E-state index is 13.6. The molecule has 0 fully saturated rings. The van der Waals surface area contributed by atoms with Crippen LogP contribution in [-0.4, -0.2) is 17.5 Å². The lowest BCUT2D eigenvalue weighted by molar-refractivity contribution is -0.116. The van der Waals surface area contributed by atoms with Gasteiger partial charge in [-0.05, 0) is 58.6 Å². The number of hydrogen-bond donors (Lipinski definition) is 1. The SMILES string of the molecule is CCc1ccc(OCCCC(=O)Nc2nc3c(F)cccc3s2)c(Br)c1. The number of aryl methyl sites for hydroxylation is 1. The second-order valence-electron chi connectivity index (χ2n) is 5.72. The third-order valence-electron chi connectivity index (χ3n) is 3.83. The van der Waals surface area contributed by atoms with Crippen LogP contribution in [0.4, 0.5) is 9.52 Å². The van der Waals surface area contributed by atoms with Crippen LogP contribution in [0.25, 0.3) is 10.2 Å². The first-order valence-electron chi connectivity index (χ1n) is 8.33. The number of hydrogen-bond acceptors (Lipinski definition) is 4. The lowest BCUT2D eigenvalue weighted by Gasteiger charge is -2.09. The van der Waals surface area contributed by atoms with Gasteiger partial charge in [0.1, 0.15) is 17.1 Å². The summed E-state index contributed by atoms with van der Waals surface area (Å²) in [6.45, 7) is 2.53. The molecule has 0 radical (unpaired) electrons. The lowest BCUT2D eigenvalue weighted by Crippen LogP contribution is -2.12. The number of thiazole rings is 1. The molecule has 3 aromatic rings. The van der Waals surface area contributed by atoms with Crippen molar-refractivity contribution in [3.8, 4) is 5.75 Å². The van der Waals surface area contributed by atoms with Gasteiger partial charge in [0.15, 0.2) is 5.13 Å². The van der Waals surface area contributed by atoms with E-state index in [0.29, 0.717) is 29.3 Å².